The number of carbonyl (C=O) groups is 2. The first-order chi connectivity index (χ1) is 15.2. The molecule has 2 aromatic carbocycles. The van der Waals surface area contributed by atoms with Gasteiger partial charge >= 0.3 is 0 Å². The number of ether oxygens (including phenoxy) is 1. The number of nitrogens with one attached hydrogen (secondary N) is 2. The largest absolute Gasteiger partial charge is 0.376 e. The fraction of sp³-hybridized carbons (Fsp3) is 0.348. The molecule has 3 heterocycles. The lowest BCUT2D eigenvalue weighted by molar-refractivity contribution is -0.122. The molecule has 1 unspecified atom stereocenters. The molecule has 2 aliphatic heterocycles. The van der Waals surface area contributed by atoms with Crippen LogP contribution in [0.2, 0.25) is 0 Å². The van der Waals surface area contributed by atoms with E-state index in [0.717, 1.165) is 53.0 Å². The van der Waals surface area contributed by atoms with Gasteiger partial charge in [0.15, 0.2) is 0 Å². The Bertz CT molecular complexity index is 1130. The molecule has 0 bridgehead atoms. The SMILES string of the molecule is O=C(Cn1nc2c(c1NC(=O)c1cccc3ccccc13)CSC2)NCC1CCCO1. The lowest BCUT2D eigenvalue weighted by Crippen LogP contribution is -2.34. The molecule has 1 atom stereocenters. The molecule has 3 aromatic rings. The average Bonchev–Trinajstić information content (AvgIpc) is 3.52. The first kappa shape index (κ1) is 20.1. The number of anilines is 1. The maximum atomic E-state index is 13.2. The standard InChI is InChI=1S/C23H24N4O3S/c28-21(24-11-16-7-4-10-30-16)12-27-22(19-13-31-14-20(19)26-27)25-23(29)18-9-3-6-15-5-1-2-8-17(15)18/h1-3,5-6,8-9,16H,4,7,10-14H2,(H,24,28)(H,25,29). The van der Waals surface area contributed by atoms with Gasteiger partial charge in [0.25, 0.3) is 5.91 Å². The molecule has 0 aliphatic carbocycles. The number of benzene rings is 2. The van der Waals surface area contributed by atoms with Gasteiger partial charge < -0.3 is 15.4 Å². The van der Waals surface area contributed by atoms with Crippen molar-refractivity contribution in [3.8, 4) is 0 Å². The summed E-state index contributed by atoms with van der Waals surface area (Å²) in [5.41, 5.74) is 2.55. The zero-order valence-electron chi connectivity index (χ0n) is 17.1. The number of rotatable bonds is 6. The molecule has 5 rings (SSSR count). The number of aromatic nitrogens is 2. The zero-order chi connectivity index (χ0) is 21.2. The number of hydrogen-bond donors (Lipinski definition) is 2. The van der Waals surface area contributed by atoms with Crippen molar-refractivity contribution in [2.45, 2.75) is 37.0 Å². The first-order valence-corrected chi connectivity index (χ1v) is 11.7. The Kier molecular flexibility index (Phi) is 5.65. The second-order valence-electron chi connectivity index (χ2n) is 7.84. The molecule has 1 fully saturated rings. The molecule has 2 amide bonds. The van der Waals surface area contributed by atoms with Gasteiger partial charge in [-0.3, -0.25) is 9.59 Å². The minimum Gasteiger partial charge on any atom is -0.376 e. The van der Waals surface area contributed by atoms with Crippen molar-refractivity contribution >= 4 is 40.2 Å². The molecule has 31 heavy (non-hydrogen) atoms. The van der Waals surface area contributed by atoms with Crippen molar-refractivity contribution in [3.63, 3.8) is 0 Å². The van der Waals surface area contributed by atoms with E-state index in [-0.39, 0.29) is 24.5 Å². The Morgan fingerprint density at radius 1 is 1.16 bits per heavy atom. The van der Waals surface area contributed by atoms with Crippen molar-refractivity contribution in [2.24, 2.45) is 0 Å². The van der Waals surface area contributed by atoms with Crippen LogP contribution in [0.3, 0.4) is 0 Å². The fourth-order valence-electron chi connectivity index (χ4n) is 4.14. The van der Waals surface area contributed by atoms with E-state index in [0.29, 0.717) is 17.9 Å². The summed E-state index contributed by atoms with van der Waals surface area (Å²) in [5, 5.41) is 12.5. The van der Waals surface area contributed by atoms with E-state index < -0.39 is 0 Å². The van der Waals surface area contributed by atoms with E-state index in [4.69, 9.17) is 4.74 Å². The first-order valence-electron chi connectivity index (χ1n) is 10.5. The van der Waals surface area contributed by atoms with Gasteiger partial charge in [-0.1, -0.05) is 36.4 Å². The second kappa shape index (κ2) is 8.72. The van der Waals surface area contributed by atoms with Crippen molar-refractivity contribution in [3.05, 3.63) is 59.3 Å². The summed E-state index contributed by atoms with van der Waals surface area (Å²) in [6.45, 7) is 1.33. The van der Waals surface area contributed by atoms with E-state index in [9.17, 15) is 9.59 Å². The van der Waals surface area contributed by atoms with Crippen LogP contribution in [0.1, 0.15) is 34.5 Å². The van der Waals surface area contributed by atoms with Gasteiger partial charge in [-0.2, -0.15) is 16.9 Å². The second-order valence-corrected chi connectivity index (χ2v) is 8.83. The zero-order valence-corrected chi connectivity index (χ0v) is 17.9. The highest BCUT2D eigenvalue weighted by Gasteiger charge is 2.26. The summed E-state index contributed by atoms with van der Waals surface area (Å²) in [6, 6.07) is 13.5. The lowest BCUT2D eigenvalue weighted by Gasteiger charge is -2.14. The molecule has 7 nitrogen and oxygen atoms in total. The van der Waals surface area contributed by atoms with Gasteiger partial charge in [-0.25, -0.2) is 4.68 Å². The van der Waals surface area contributed by atoms with Crippen LogP contribution >= 0.6 is 11.8 Å². The lowest BCUT2D eigenvalue weighted by atomic mass is 10.0. The highest BCUT2D eigenvalue weighted by molar-refractivity contribution is 7.98. The van der Waals surface area contributed by atoms with Gasteiger partial charge in [0.2, 0.25) is 5.91 Å². The maximum Gasteiger partial charge on any atom is 0.257 e. The van der Waals surface area contributed by atoms with Crippen molar-refractivity contribution in [1.29, 1.82) is 0 Å². The molecule has 0 spiro atoms. The summed E-state index contributed by atoms with van der Waals surface area (Å²) in [5.74, 6) is 1.85. The Balaban J connectivity index is 1.36. The molecule has 2 N–H and O–H groups in total. The highest BCUT2D eigenvalue weighted by Crippen LogP contribution is 2.35. The van der Waals surface area contributed by atoms with Crippen molar-refractivity contribution in [2.75, 3.05) is 18.5 Å². The number of amides is 2. The summed E-state index contributed by atoms with van der Waals surface area (Å²) in [4.78, 5) is 25.7. The molecule has 8 heteroatoms. The third-order valence-corrected chi connectivity index (χ3v) is 6.70. The summed E-state index contributed by atoms with van der Waals surface area (Å²) in [6.07, 6.45) is 2.10. The highest BCUT2D eigenvalue weighted by atomic mass is 32.2. The van der Waals surface area contributed by atoms with Gasteiger partial charge in [-0.15, -0.1) is 0 Å². The van der Waals surface area contributed by atoms with Crippen LogP contribution < -0.4 is 10.6 Å². The van der Waals surface area contributed by atoms with E-state index in [2.05, 4.69) is 15.7 Å². The van der Waals surface area contributed by atoms with E-state index in [1.165, 1.54) is 0 Å². The normalized spacial score (nSPS) is 17.6. The van der Waals surface area contributed by atoms with E-state index in [1.54, 1.807) is 16.4 Å². The topological polar surface area (TPSA) is 85.2 Å². The average molecular weight is 437 g/mol. The smallest absolute Gasteiger partial charge is 0.257 e. The van der Waals surface area contributed by atoms with E-state index >= 15 is 0 Å². The Labute approximate surface area is 184 Å². The van der Waals surface area contributed by atoms with Gasteiger partial charge in [0.05, 0.1) is 11.8 Å². The molecule has 0 radical (unpaired) electrons. The number of thioether (sulfide) groups is 1. The van der Waals surface area contributed by atoms with Crippen LogP contribution in [-0.4, -0.2) is 40.9 Å². The van der Waals surface area contributed by atoms with Gasteiger partial charge in [-0.05, 0) is 29.7 Å². The van der Waals surface area contributed by atoms with Crippen LogP contribution in [-0.2, 0) is 27.6 Å². The number of carbonyl (C=O) groups excluding carboxylic acids is 2. The molecule has 1 saturated heterocycles. The predicted molar refractivity (Wildman–Crippen MR) is 121 cm³/mol. The van der Waals surface area contributed by atoms with Crippen LogP contribution in [0.25, 0.3) is 10.8 Å². The number of nitrogens with zero attached hydrogens (tertiary/aromatic N) is 2. The molecular formula is C23H24N4O3S. The third-order valence-electron chi connectivity index (χ3n) is 5.73. The van der Waals surface area contributed by atoms with Crippen molar-refractivity contribution in [1.82, 2.24) is 15.1 Å². The monoisotopic (exact) mass is 436 g/mol. The Hall–Kier alpha value is -2.84. The van der Waals surface area contributed by atoms with Crippen molar-refractivity contribution < 1.29 is 14.3 Å². The number of hydrogen-bond acceptors (Lipinski definition) is 5. The molecule has 160 valence electrons. The minimum atomic E-state index is -0.197. The van der Waals surface area contributed by atoms with Crippen LogP contribution in [0, 0.1) is 0 Å². The summed E-state index contributed by atoms with van der Waals surface area (Å²) in [7, 11) is 0. The molecule has 0 saturated carbocycles. The quantitative estimate of drug-likeness (QED) is 0.619. The summed E-state index contributed by atoms with van der Waals surface area (Å²) < 4.78 is 7.19. The maximum absolute atomic E-state index is 13.2. The number of fused-ring (bicyclic) bond motifs is 2. The molecule has 1 aromatic heterocycles. The van der Waals surface area contributed by atoms with Crippen LogP contribution in [0.15, 0.2) is 42.5 Å². The minimum absolute atomic E-state index is 0.0650. The predicted octanol–water partition coefficient (Wildman–Crippen LogP) is 3.33. The molecule has 2 aliphatic rings. The Morgan fingerprint density at radius 2 is 2.03 bits per heavy atom. The third kappa shape index (κ3) is 4.18. The van der Waals surface area contributed by atoms with Gasteiger partial charge in [0.1, 0.15) is 12.4 Å². The fourth-order valence-corrected chi connectivity index (χ4v) is 5.18. The van der Waals surface area contributed by atoms with Gasteiger partial charge in [0, 0.05) is 35.8 Å². The Morgan fingerprint density at radius 3 is 2.90 bits per heavy atom. The molecular weight excluding hydrogens is 412 g/mol. The van der Waals surface area contributed by atoms with Crippen LogP contribution in [0.5, 0.6) is 0 Å². The van der Waals surface area contributed by atoms with E-state index in [1.807, 2.05) is 42.5 Å². The summed E-state index contributed by atoms with van der Waals surface area (Å²) >= 11 is 1.76. The van der Waals surface area contributed by atoms with Crippen LogP contribution in [0.4, 0.5) is 5.82 Å².